The summed E-state index contributed by atoms with van der Waals surface area (Å²) in [5.74, 6) is -1.38. The molecule has 0 spiro atoms. The molecule has 6 aliphatic rings. The normalized spacial score (nSPS) is 30.8. The number of benzene rings is 1. The first-order chi connectivity index (χ1) is 19.6. The number of thiazole rings is 1. The van der Waals surface area contributed by atoms with E-state index >= 15 is 0 Å². The molecule has 11 nitrogen and oxygen atoms in total. The number of amidine groups is 1. The third-order valence-electron chi connectivity index (χ3n) is 9.51. The number of piperazine rings is 1. The molecule has 2 bridgehead atoms. The van der Waals surface area contributed by atoms with Crippen LogP contribution in [-0.4, -0.2) is 92.8 Å². The first-order valence-electron chi connectivity index (χ1n) is 13.7. The summed E-state index contributed by atoms with van der Waals surface area (Å²) in [4.78, 5) is 52.9. The Balaban J connectivity index is 1.15. The van der Waals surface area contributed by atoms with Gasteiger partial charge in [-0.1, -0.05) is 12.1 Å². The number of carboxylic acid groups (broad SMARTS) is 1. The summed E-state index contributed by atoms with van der Waals surface area (Å²) >= 11 is 1.38. The molecule has 5 fully saturated rings. The van der Waals surface area contributed by atoms with Crippen molar-refractivity contribution in [3.63, 3.8) is 0 Å². The number of carbonyl (C=O) groups excluding carboxylic acids is 2. The summed E-state index contributed by atoms with van der Waals surface area (Å²) in [7, 11) is 0. The number of aliphatic imine (C=N–C) groups is 1. The highest BCUT2D eigenvalue weighted by molar-refractivity contribution is 7.11. The Morgan fingerprint density at radius 3 is 2.71 bits per heavy atom. The van der Waals surface area contributed by atoms with Crippen molar-refractivity contribution in [3.05, 3.63) is 63.0 Å². The maximum atomic E-state index is 14.6. The van der Waals surface area contributed by atoms with Gasteiger partial charge in [0.2, 0.25) is 5.91 Å². The maximum absolute atomic E-state index is 14.6. The zero-order chi connectivity index (χ0) is 28.7. The van der Waals surface area contributed by atoms with E-state index < -0.39 is 23.2 Å². The molecule has 0 radical (unpaired) electrons. The number of primary amides is 1. The van der Waals surface area contributed by atoms with E-state index in [1.807, 2.05) is 15.2 Å². The van der Waals surface area contributed by atoms with Gasteiger partial charge in [0.25, 0.3) is 0 Å². The highest BCUT2D eigenvalue weighted by Gasteiger charge is 2.75. The number of aromatic nitrogens is 1. The van der Waals surface area contributed by atoms with E-state index in [1.165, 1.54) is 17.4 Å². The summed E-state index contributed by atoms with van der Waals surface area (Å²) in [5, 5.41) is 16.0. The predicted octanol–water partition coefficient (Wildman–Crippen LogP) is 1.85. The Kier molecular flexibility index (Phi) is 5.78. The molecule has 41 heavy (non-hydrogen) atoms. The lowest BCUT2D eigenvalue weighted by Crippen LogP contribution is -2.78. The van der Waals surface area contributed by atoms with Gasteiger partial charge < -0.3 is 26.0 Å². The number of aliphatic carboxylic acids is 1. The fraction of sp³-hybridized carbons (Fsp3) is 0.464. The number of nitrogens with two attached hydrogens (primary N) is 1. The fourth-order valence-electron chi connectivity index (χ4n) is 7.38. The van der Waals surface area contributed by atoms with Crippen LogP contribution in [0.5, 0.6) is 0 Å². The van der Waals surface area contributed by atoms with Gasteiger partial charge in [0.15, 0.2) is 10.8 Å². The minimum Gasteiger partial charge on any atom is -0.478 e. The smallest absolute Gasteiger partial charge is 0.335 e. The molecule has 3 amide bonds. The molecule has 8 rings (SSSR count). The van der Waals surface area contributed by atoms with E-state index in [9.17, 15) is 23.9 Å². The molecule has 1 aromatic carbocycles. The first-order valence-corrected chi connectivity index (χ1v) is 14.6. The highest BCUT2D eigenvalue weighted by atomic mass is 32.1. The molecular formula is C28H30FN7O4S. The SMILES string of the molecule is Cc1c(F)cccc1[C@@H]1N=C(c2nccs2)NC(CN2CCN3C(=O)N(C45CC(C(N)=O)(C4)C5)C[C@@H]3C2)=C1C(=O)O. The molecule has 2 saturated heterocycles. The van der Waals surface area contributed by atoms with Crippen LogP contribution in [0.25, 0.3) is 0 Å². The minimum absolute atomic E-state index is 0.00786. The number of rotatable bonds is 7. The third-order valence-corrected chi connectivity index (χ3v) is 10.3. The van der Waals surface area contributed by atoms with Crippen molar-refractivity contribution in [3.8, 4) is 0 Å². The van der Waals surface area contributed by atoms with Crippen LogP contribution in [0.15, 0.2) is 46.0 Å². The number of carboxylic acids is 1. The van der Waals surface area contributed by atoms with Gasteiger partial charge in [-0.05, 0) is 43.4 Å². The van der Waals surface area contributed by atoms with E-state index in [0.29, 0.717) is 79.7 Å². The topological polar surface area (TPSA) is 144 Å². The Morgan fingerprint density at radius 1 is 1.24 bits per heavy atom. The van der Waals surface area contributed by atoms with Crippen LogP contribution < -0.4 is 11.1 Å². The number of hydrogen-bond donors (Lipinski definition) is 3. The molecule has 3 aliphatic heterocycles. The Labute approximate surface area is 239 Å². The molecular weight excluding hydrogens is 549 g/mol. The van der Waals surface area contributed by atoms with Crippen LogP contribution in [0.4, 0.5) is 9.18 Å². The van der Waals surface area contributed by atoms with Crippen LogP contribution in [0.3, 0.4) is 0 Å². The van der Waals surface area contributed by atoms with Gasteiger partial charge in [-0.3, -0.25) is 14.7 Å². The van der Waals surface area contributed by atoms with E-state index in [4.69, 9.17) is 10.7 Å². The Morgan fingerprint density at radius 2 is 2.02 bits per heavy atom. The van der Waals surface area contributed by atoms with Crippen LogP contribution in [0.1, 0.15) is 41.4 Å². The lowest BCUT2D eigenvalue weighted by atomic mass is 9.38. The molecule has 4 heterocycles. The molecule has 13 heteroatoms. The maximum Gasteiger partial charge on any atom is 0.335 e. The fourth-order valence-corrected chi connectivity index (χ4v) is 7.97. The van der Waals surface area contributed by atoms with Gasteiger partial charge in [-0.2, -0.15) is 0 Å². The zero-order valence-corrected chi connectivity index (χ0v) is 23.3. The third kappa shape index (κ3) is 3.89. The highest BCUT2D eigenvalue weighted by Crippen LogP contribution is 2.70. The summed E-state index contributed by atoms with van der Waals surface area (Å²) in [6.45, 7) is 4.16. The lowest BCUT2D eigenvalue weighted by molar-refractivity contribution is -0.202. The number of hydrogen-bond acceptors (Lipinski definition) is 8. The quantitative estimate of drug-likeness (QED) is 0.454. The average molecular weight is 580 g/mol. The van der Waals surface area contributed by atoms with Crippen LogP contribution in [0.2, 0.25) is 0 Å². The largest absolute Gasteiger partial charge is 0.478 e. The second-order valence-corrected chi connectivity index (χ2v) is 12.8. The van der Waals surface area contributed by atoms with Crippen molar-refractivity contribution in [1.82, 2.24) is 25.0 Å². The number of amides is 3. The standard InChI is InChI=1S/C28H30FN7O4S/c1-15-17(3-2-4-18(15)29)21-20(24(37)38)19(32-22(33-21)23-31-5-8-41-23)11-34-6-7-35-16(9-34)10-36(26(35)40)28-12-27(13-28,14-28)25(30)39/h2-5,8,16,21H,6-7,9-14H2,1H3,(H2,30,39)(H,32,33)(H,37,38)/t16-,21-,27?,28?/m0/s1. The molecule has 2 aromatic rings. The first kappa shape index (κ1) is 26.1. The summed E-state index contributed by atoms with van der Waals surface area (Å²) in [6.07, 6.45) is 3.58. The summed E-state index contributed by atoms with van der Waals surface area (Å²) in [5.41, 5.74) is 6.27. The molecule has 3 saturated carbocycles. The number of carbonyl (C=O) groups is 3. The van der Waals surface area contributed by atoms with Crippen molar-refractivity contribution < 1.29 is 23.9 Å². The molecule has 2 atom stereocenters. The summed E-state index contributed by atoms with van der Waals surface area (Å²) < 4.78 is 14.6. The van der Waals surface area contributed by atoms with Crippen LogP contribution >= 0.6 is 11.3 Å². The van der Waals surface area contributed by atoms with Crippen molar-refractivity contribution >= 4 is 35.1 Å². The number of nitrogens with zero attached hydrogens (tertiary/aromatic N) is 5. The number of fused-ring (bicyclic) bond motifs is 1. The van der Waals surface area contributed by atoms with Crippen molar-refractivity contribution in [1.29, 1.82) is 0 Å². The number of nitrogens with one attached hydrogen (secondary N) is 1. The molecule has 214 valence electrons. The lowest BCUT2D eigenvalue weighted by Gasteiger charge is -2.71. The number of urea groups is 1. The summed E-state index contributed by atoms with van der Waals surface area (Å²) in [6, 6.07) is 3.68. The molecule has 4 N–H and O–H groups in total. The van der Waals surface area contributed by atoms with E-state index in [-0.39, 0.29) is 29.1 Å². The predicted molar refractivity (Wildman–Crippen MR) is 148 cm³/mol. The van der Waals surface area contributed by atoms with Crippen molar-refractivity contribution in [2.45, 2.75) is 43.8 Å². The van der Waals surface area contributed by atoms with E-state index in [2.05, 4.69) is 15.2 Å². The van der Waals surface area contributed by atoms with Crippen LogP contribution in [0, 0.1) is 18.2 Å². The zero-order valence-electron chi connectivity index (χ0n) is 22.5. The van der Waals surface area contributed by atoms with Gasteiger partial charge in [0.1, 0.15) is 11.9 Å². The molecule has 1 aromatic heterocycles. The average Bonchev–Trinajstić information content (AvgIpc) is 3.52. The molecule has 0 unspecified atom stereocenters. The van der Waals surface area contributed by atoms with E-state index in [0.717, 1.165) is 0 Å². The van der Waals surface area contributed by atoms with Crippen LogP contribution in [-0.2, 0) is 9.59 Å². The number of halogens is 1. The van der Waals surface area contributed by atoms with Gasteiger partial charge in [-0.15, -0.1) is 11.3 Å². The van der Waals surface area contributed by atoms with Crippen molar-refractivity contribution in [2.24, 2.45) is 16.1 Å². The monoisotopic (exact) mass is 579 g/mol. The second kappa shape index (κ2) is 9.08. The van der Waals surface area contributed by atoms with E-state index in [1.54, 1.807) is 25.3 Å². The Hall–Kier alpha value is -3.84. The Bertz CT molecular complexity index is 1520. The minimum atomic E-state index is -1.13. The van der Waals surface area contributed by atoms with Crippen molar-refractivity contribution in [2.75, 3.05) is 32.7 Å². The van der Waals surface area contributed by atoms with Gasteiger partial charge in [-0.25, -0.2) is 19.0 Å². The van der Waals surface area contributed by atoms with Gasteiger partial charge in [0, 0.05) is 55.5 Å². The molecule has 3 aliphatic carbocycles. The van der Waals surface area contributed by atoms with Gasteiger partial charge in [0.05, 0.1) is 17.0 Å². The van der Waals surface area contributed by atoms with Gasteiger partial charge >= 0.3 is 12.0 Å². The second-order valence-electron chi connectivity index (χ2n) is 11.9.